The lowest BCUT2D eigenvalue weighted by atomic mass is 9.81. The standard InChI is InChI=1S/C22H29FN6O2/c1-31-18-8-14(9-18)12-29-7-6-15(10-24)20(13-29)27-11-19(22(26)30)21(25)28-17-4-2-16(23)3-5-17/h2-5,11,14-15,18,20,27H,6-9,12-13H2,1H3,(H2,25,28)(H2,26,30)/b19-11+/t14?,15-,18?,20?/m0/s1. The van der Waals surface area contributed by atoms with Gasteiger partial charge in [-0.15, -0.1) is 0 Å². The molecule has 0 radical (unpaired) electrons. The molecule has 1 aliphatic carbocycles. The highest BCUT2D eigenvalue weighted by atomic mass is 19.1. The van der Waals surface area contributed by atoms with E-state index >= 15 is 0 Å². The van der Waals surface area contributed by atoms with Crippen molar-refractivity contribution in [3.05, 3.63) is 41.9 Å². The first kappa shape index (κ1) is 22.7. The Morgan fingerprint density at radius 1 is 1.39 bits per heavy atom. The number of carbonyl (C=O) groups excluding carboxylic acids is 1. The van der Waals surface area contributed by atoms with E-state index < -0.39 is 11.7 Å². The summed E-state index contributed by atoms with van der Waals surface area (Å²) in [4.78, 5) is 18.4. The third kappa shape index (κ3) is 6.03. The maximum atomic E-state index is 13.1. The van der Waals surface area contributed by atoms with Crippen LogP contribution in [-0.2, 0) is 9.53 Å². The monoisotopic (exact) mass is 428 g/mol. The lowest BCUT2D eigenvalue weighted by Gasteiger charge is -2.41. The van der Waals surface area contributed by atoms with Crippen LogP contribution in [0.4, 0.5) is 10.1 Å². The van der Waals surface area contributed by atoms with Gasteiger partial charge in [0.25, 0.3) is 5.91 Å². The number of amidine groups is 1. The highest BCUT2D eigenvalue weighted by molar-refractivity contribution is 6.20. The van der Waals surface area contributed by atoms with E-state index in [4.69, 9.17) is 16.2 Å². The molecule has 1 amide bonds. The van der Waals surface area contributed by atoms with Gasteiger partial charge < -0.3 is 26.4 Å². The number of hydrogen-bond donors (Lipinski definition) is 3. The van der Waals surface area contributed by atoms with Gasteiger partial charge in [-0.3, -0.25) is 4.79 Å². The minimum atomic E-state index is -0.739. The normalized spacial score (nSPS) is 27.3. The van der Waals surface area contributed by atoms with Gasteiger partial charge in [-0.05, 0) is 56.0 Å². The molecule has 8 nitrogen and oxygen atoms in total. The van der Waals surface area contributed by atoms with Gasteiger partial charge >= 0.3 is 0 Å². The lowest BCUT2D eigenvalue weighted by Crippen LogP contribution is -2.52. The number of nitrogens with one attached hydrogen (secondary N) is 1. The molecule has 1 unspecified atom stereocenters. The number of amides is 1. The summed E-state index contributed by atoms with van der Waals surface area (Å²) in [5.74, 6) is -0.789. The highest BCUT2D eigenvalue weighted by Crippen LogP contribution is 2.31. The summed E-state index contributed by atoms with van der Waals surface area (Å²) in [6.45, 7) is 2.52. The molecule has 31 heavy (non-hydrogen) atoms. The number of primary amides is 1. The van der Waals surface area contributed by atoms with Gasteiger partial charge in [0.15, 0.2) is 0 Å². The molecule has 166 valence electrons. The van der Waals surface area contributed by atoms with Crippen molar-refractivity contribution in [2.75, 3.05) is 26.7 Å². The molecule has 3 rings (SSSR count). The van der Waals surface area contributed by atoms with E-state index in [1.807, 2.05) is 0 Å². The number of likely N-dealkylation sites (tertiary alicyclic amines) is 1. The van der Waals surface area contributed by atoms with Crippen molar-refractivity contribution in [2.45, 2.75) is 31.4 Å². The zero-order valence-corrected chi connectivity index (χ0v) is 17.6. The van der Waals surface area contributed by atoms with Crippen molar-refractivity contribution in [1.29, 1.82) is 5.26 Å². The van der Waals surface area contributed by atoms with Crippen molar-refractivity contribution in [3.8, 4) is 6.07 Å². The molecule has 1 aromatic carbocycles. The Bertz CT molecular complexity index is 873. The fourth-order valence-electron chi connectivity index (χ4n) is 4.07. The molecule has 0 bridgehead atoms. The van der Waals surface area contributed by atoms with Gasteiger partial charge in [0.1, 0.15) is 11.7 Å². The Morgan fingerprint density at radius 2 is 2.10 bits per heavy atom. The van der Waals surface area contributed by atoms with E-state index in [1.165, 1.54) is 30.5 Å². The summed E-state index contributed by atoms with van der Waals surface area (Å²) in [6, 6.07) is 7.60. The number of nitriles is 1. The number of carbonyl (C=O) groups is 1. The van der Waals surface area contributed by atoms with E-state index in [2.05, 4.69) is 21.3 Å². The summed E-state index contributed by atoms with van der Waals surface area (Å²) < 4.78 is 18.4. The number of hydrogen-bond acceptors (Lipinski definition) is 6. The number of rotatable bonds is 8. The topological polar surface area (TPSA) is 130 Å². The Hall–Kier alpha value is -2.96. The molecule has 5 N–H and O–H groups in total. The average Bonchev–Trinajstić information content (AvgIpc) is 2.72. The molecule has 2 aliphatic rings. The highest BCUT2D eigenvalue weighted by Gasteiger charge is 2.34. The van der Waals surface area contributed by atoms with Gasteiger partial charge in [-0.25, -0.2) is 9.38 Å². The molecule has 0 aromatic heterocycles. The van der Waals surface area contributed by atoms with Crippen molar-refractivity contribution >= 4 is 17.4 Å². The van der Waals surface area contributed by atoms with Gasteiger partial charge in [-0.1, -0.05) is 0 Å². The number of nitrogens with zero attached hydrogens (tertiary/aromatic N) is 3. The average molecular weight is 429 g/mol. The number of aliphatic imine (C=N–C) groups is 1. The molecule has 9 heteroatoms. The summed E-state index contributed by atoms with van der Waals surface area (Å²) in [5, 5.41) is 12.7. The number of benzene rings is 1. The van der Waals surface area contributed by atoms with Crippen LogP contribution in [0, 0.1) is 29.0 Å². The minimum Gasteiger partial charge on any atom is -0.385 e. The van der Waals surface area contributed by atoms with E-state index in [-0.39, 0.29) is 23.4 Å². The van der Waals surface area contributed by atoms with Crippen LogP contribution >= 0.6 is 0 Å². The zero-order chi connectivity index (χ0) is 22.4. The molecular formula is C22H29FN6O2. The predicted molar refractivity (Wildman–Crippen MR) is 116 cm³/mol. The van der Waals surface area contributed by atoms with Crippen LogP contribution in [0.5, 0.6) is 0 Å². The Labute approximate surface area is 181 Å². The minimum absolute atomic E-state index is 0.0140. The molecule has 1 aromatic rings. The van der Waals surface area contributed by atoms with Gasteiger partial charge in [0.2, 0.25) is 0 Å². The second-order valence-electron chi connectivity index (χ2n) is 8.15. The van der Waals surface area contributed by atoms with Crippen LogP contribution in [-0.4, -0.2) is 55.5 Å². The van der Waals surface area contributed by atoms with E-state index in [0.29, 0.717) is 24.3 Å². The third-order valence-electron chi connectivity index (χ3n) is 5.96. The van der Waals surface area contributed by atoms with Crippen LogP contribution in [0.1, 0.15) is 19.3 Å². The third-order valence-corrected chi connectivity index (χ3v) is 5.96. The Kier molecular flexibility index (Phi) is 7.60. The van der Waals surface area contributed by atoms with Gasteiger partial charge in [0, 0.05) is 26.4 Å². The van der Waals surface area contributed by atoms with Crippen LogP contribution in [0.15, 0.2) is 41.0 Å². The smallest absolute Gasteiger partial charge is 0.253 e. The first-order chi connectivity index (χ1) is 14.9. The lowest BCUT2D eigenvalue weighted by molar-refractivity contribution is -0.114. The van der Waals surface area contributed by atoms with Gasteiger partial charge in [0.05, 0.1) is 35.4 Å². The second kappa shape index (κ2) is 10.4. The first-order valence-electron chi connectivity index (χ1n) is 10.4. The van der Waals surface area contributed by atoms with E-state index in [9.17, 15) is 14.4 Å². The Morgan fingerprint density at radius 3 is 2.71 bits per heavy atom. The summed E-state index contributed by atoms with van der Waals surface area (Å²) in [5.41, 5.74) is 11.9. The van der Waals surface area contributed by atoms with Crippen molar-refractivity contribution in [3.63, 3.8) is 0 Å². The molecule has 0 spiro atoms. The molecular weight excluding hydrogens is 399 g/mol. The first-order valence-corrected chi connectivity index (χ1v) is 10.4. The van der Waals surface area contributed by atoms with Crippen molar-refractivity contribution in [1.82, 2.24) is 10.2 Å². The number of ether oxygens (including phenoxy) is 1. The molecule has 1 heterocycles. The molecule has 1 saturated heterocycles. The maximum Gasteiger partial charge on any atom is 0.253 e. The van der Waals surface area contributed by atoms with E-state index in [0.717, 1.165) is 32.4 Å². The van der Waals surface area contributed by atoms with Crippen LogP contribution in [0.25, 0.3) is 0 Å². The van der Waals surface area contributed by atoms with Crippen LogP contribution in [0.2, 0.25) is 0 Å². The molecule has 2 fully saturated rings. The van der Waals surface area contributed by atoms with E-state index in [1.54, 1.807) is 7.11 Å². The summed E-state index contributed by atoms with van der Waals surface area (Å²) in [7, 11) is 1.74. The van der Waals surface area contributed by atoms with Crippen LogP contribution < -0.4 is 16.8 Å². The molecule has 1 saturated carbocycles. The summed E-state index contributed by atoms with van der Waals surface area (Å²) in [6.07, 6.45) is 4.67. The second-order valence-corrected chi connectivity index (χ2v) is 8.15. The largest absolute Gasteiger partial charge is 0.385 e. The number of nitrogens with two attached hydrogens (primary N) is 2. The Balaban J connectivity index is 1.66. The fraction of sp³-hybridized carbons (Fsp3) is 0.500. The zero-order valence-electron chi connectivity index (χ0n) is 17.6. The SMILES string of the molecule is COC1CC(CN2CC[C@@H](C#N)C(N/C=C(/C(N)=O)C(N)=Nc3ccc(F)cc3)C2)C1. The molecule has 2 atom stereocenters. The van der Waals surface area contributed by atoms with Crippen molar-refractivity contribution in [2.24, 2.45) is 28.3 Å². The number of methoxy groups -OCH3 is 1. The predicted octanol–water partition coefficient (Wildman–Crippen LogP) is 1.41. The quantitative estimate of drug-likeness (QED) is 0.326. The fourth-order valence-corrected chi connectivity index (χ4v) is 4.07. The van der Waals surface area contributed by atoms with Gasteiger partial charge in [-0.2, -0.15) is 5.26 Å². The number of piperidine rings is 1. The number of halogens is 1. The molecule has 1 aliphatic heterocycles. The van der Waals surface area contributed by atoms with Crippen molar-refractivity contribution < 1.29 is 13.9 Å². The van der Waals surface area contributed by atoms with Crippen LogP contribution in [0.3, 0.4) is 0 Å². The summed E-state index contributed by atoms with van der Waals surface area (Å²) >= 11 is 0. The maximum absolute atomic E-state index is 13.1.